The Kier molecular flexibility index (Phi) is 5.65. The number of piperidine rings is 1. The van der Waals surface area contributed by atoms with Crippen molar-refractivity contribution in [2.45, 2.75) is 57.8 Å². The molecule has 4 rings (SSSR count). The Labute approximate surface area is 162 Å². The van der Waals surface area contributed by atoms with Crippen LogP contribution in [-0.2, 0) is 4.79 Å². The van der Waals surface area contributed by atoms with E-state index in [0.29, 0.717) is 0 Å². The van der Waals surface area contributed by atoms with Crippen molar-refractivity contribution >= 4 is 23.2 Å². The fraction of sp³-hybridized carbons (Fsp3) is 0.636. The molecule has 27 heavy (non-hydrogen) atoms. The minimum absolute atomic E-state index is 0.109. The van der Waals surface area contributed by atoms with Gasteiger partial charge in [0.05, 0.1) is 5.56 Å². The summed E-state index contributed by atoms with van der Waals surface area (Å²) in [6.45, 7) is 3.70. The monoisotopic (exact) mass is 369 g/mol. The second-order valence-corrected chi connectivity index (χ2v) is 8.25. The van der Waals surface area contributed by atoms with Crippen molar-refractivity contribution in [1.82, 2.24) is 4.90 Å². The second-order valence-electron chi connectivity index (χ2n) is 8.25. The predicted molar refractivity (Wildman–Crippen MR) is 108 cm³/mol. The molecular formula is C22H31N3O2. The summed E-state index contributed by atoms with van der Waals surface area (Å²) in [6.07, 6.45) is 10.0. The van der Waals surface area contributed by atoms with Crippen molar-refractivity contribution < 1.29 is 9.59 Å². The smallest absolute Gasteiger partial charge is 0.256 e. The van der Waals surface area contributed by atoms with Gasteiger partial charge in [-0.3, -0.25) is 9.59 Å². The second kappa shape index (κ2) is 8.32. The van der Waals surface area contributed by atoms with Crippen LogP contribution in [0.5, 0.6) is 0 Å². The quantitative estimate of drug-likeness (QED) is 0.871. The summed E-state index contributed by atoms with van der Waals surface area (Å²) in [5, 5.41) is 3.07. The zero-order valence-electron chi connectivity index (χ0n) is 16.2. The fourth-order valence-electron chi connectivity index (χ4n) is 4.72. The highest BCUT2D eigenvalue weighted by Crippen LogP contribution is 2.31. The van der Waals surface area contributed by atoms with E-state index >= 15 is 0 Å². The van der Waals surface area contributed by atoms with Crippen molar-refractivity contribution in [3.8, 4) is 0 Å². The fourth-order valence-corrected chi connectivity index (χ4v) is 4.72. The van der Waals surface area contributed by atoms with Crippen LogP contribution in [0.25, 0.3) is 0 Å². The Bertz CT molecular complexity index is 685. The molecule has 1 N–H and O–H groups in total. The molecule has 1 aromatic rings. The molecule has 2 heterocycles. The van der Waals surface area contributed by atoms with Crippen molar-refractivity contribution in [2.75, 3.05) is 36.4 Å². The van der Waals surface area contributed by atoms with E-state index in [-0.39, 0.29) is 17.7 Å². The van der Waals surface area contributed by atoms with Crippen LogP contribution in [-0.4, -0.2) is 42.9 Å². The van der Waals surface area contributed by atoms with Crippen molar-refractivity contribution in [3.05, 3.63) is 23.8 Å². The van der Waals surface area contributed by atoms with Gasteiger partial charge in [0, 0.05) is 43.5 Å². The number of anilines is 2. The molecule has 0 bridgehead atoms. The van der Waals surface area contributed by atoms with Crippen LogP contribution >= 0.6 is 0 Å². The molecular weight excluding hydrogens is 338 g/mol. The number of amides is 2. The van der Waals surface area contributed by atoms with E-state index in [4.69, 9.17) is 0 Å². The van der Waals surface area contributed by atoms with Gasteiger partial charge in [0.25, 0.3) is 5.91 Å². The maximum absolute atomic E-state index is 13.2. The lowest BCUT2D eigenvalue weighted by Gasteiger charge is -2.31. The molecule has 0 atom stereocenters. The van der Waals surface area contributed by atoms with Crippen LogP contribution in [0.15, 0.2) is 18.2 Å². The molecule has 146 valence electrons. The molecule has 3 aliphatic rings. The van der Waals surface area contributed by atoms with Crippen molar-refractivity contribution in [1.29, 1.82) is 0 Å². The number of rotatable bonds is 4. The Morgan fingerprint density at radius 1 is 0.852 bits per heavy atom. The van der Waals surface area contributed by atoms with Crippen LogP contribution in [0.4, 0.5) is 11.4 Å². The van der Waals surface area contributed by atoms with Crippen molar-refractivity contribution in [3.63, 3.8) is 0 Å². The third kappa shape index (κ3) is 4.12. The minimum atomic E-state index is 0.109. The van der Waals surface area contributed by atoms with Crippen LogP contribution in [0.2, 0.25) is 0 Å². The summed E-state index contributed by atoms with van der Waals surface area (Å²) in [7, 11) is 0. The number of hydrogen-bond acceptors (Lipinski definition) is 3. The minimum Gasteiger partial charge on any atom is -0.371 e. The van der Waals surface area contributed by atoms with Gasteiger partial charge in [-0.2, -0.15) is 0 Å². The van der Waals surface area contributed by atoms with E-state index in [1.165, 1.54) is 19.3 Å². The zero-order chi connectivity index (χ0) is 18.6. The highest BCUT2D eigenvalue weighted by molar-refractivity contribution is 6.02. The Balaban J connectivity index is 1.58. The molecule has 1 aliphatic carbocycles. The first-order valence-electron chi connectivity index (χ1n) is 10.7. The summed E-state index contributed by atoms with van der Waals surface area (Å²) >= 11 is 0. The molecule has 2 saturated heterocycles. The first-order chi connectivity index (χ1) is 13.2. The van der Waals surface area contributed by atoms with Gasteiger partial charge in [0.1, 0.15) is 0 Å². The van der Waals surface area contributed by atoms with Crippen LogP contribution in [0.1, 0.15) is 68.1 Å². The lowest BCUT2D eigenvalue weighted by atomic mass is 10.0. The molecule has 5 nitrogen and oxygen atoms in total. The van der Waals surface area contributed by atoms with E-state index in [1.807, 2.05) is 23.1 Å². The third-order valence-electron chi connectivity index (χ3n) is 6.31. The number of carbonyl (C=O) groups excluding carboxylic acids is 2. The maximum Gasteiger partial charge on any atom is 0.256 e. The lowest BCUT2D eigenvalue weighted by Crippen LogP contribution is -2.34. The first-order valence-corrected chi connectivity index (χ1v) is 10.7. The average Bonchev–Trinajstić information content (AvgIpc) is 3.42. The van der Waals surface area contributed by atoms with Gasteiger partial charge in [-0.25, -0.2) is 0 Å². The lowest BCUT2D eigenvalue weighted by molar-refractivity contribution is -0.119. The van der Waals surface area contributed by atoms with E-state index in [2.05, 4.69) is 10.2 Å². The summed E-state index contributed by atoms with van der Waals surface area (Å²) in [5.41, 5.74) is 2.55. The van der Waals surface area contributed by atoms with E-state index in [0.717, 1.165) is 81.6 Å². The van der Waals surface area contributed by atoms with E-state index in [9.17, 15) is 9.59 Å². The highest BCUT2D eigenvalue weighted by Gasteiger charge is 2.26. The number of hydrogen-bond donors (Lipinski definition) is 1. The molecule has 1 aromatic carbocycles. The normalized spacial score (nSPS) is 20.9. The molecule has 2 aliphatic heterocycles. The standard InChI is InChI=1S/C22H31N3O2/c26-21(17-8-2-3-9-17)23-18-10-11-20(24-12-4-1-5-13-24)19(16-18)22(27)25-14-6-7-15-25/h10-11,16-17H,1-9,12-15H2,(H,23,26). The summed E-state index contributed by atoms with van der Waals surface area (Å²) < 4.78 is 0. The molecule has 5 heteroatoms. The Morgan fingerprint density at radius 3 is 2.22 bits per heavy atom. The van der Waals surface area contributed by atoms with Gasteiger partial charge in [-0.05, 0) is 63.1 Å². The summed E-state index contributed by atoms with van der Waals surface area (Å²) in [5.74, 6) is 0.354. The van der Waals surface area contributed by atoms with E-state index < -0.39 is 0 Å². The molecule has 3 fully saturated rings. The van der Waals surface area contributed by atoms with Crippen LogP contribution in [0, 0.1) is 5.92 Å². The van der Waals surface area contributed by atoms with Crippen LogP contribution in [0.3, 0.4) is 0 Å². The predicted octanol–water partition coefficient (Wildman–Crippen LogP) is 4.04. The topological polar surface area (TPSA) is 52.7 Å². The molecule has 0 unspecified atom stereocenters. The van der Waals surface area contributed by atoms with Gasteiger partial charge >= 0.3 is 0 Å². The molecule has 0 aromatic heterocycles. The molecule has 2 amide bonds. The summed E-state index contributed by atoms with van der Waals surface area (Å²) in [4.78, 5) is 30.0. The SMILES string of the molecule is O=C(Nc1ccc(N2CCCCC2)c(C(=O)N2CCCC2)c1)C1CCCC1. The molecule has 1 saturated carbocycles. The number of nitrogens with zero attached hydrogens (tertiary/aromatic N) is 2. The zero-order valence-corrected chi connectivity index (χ0v) is 16.2. The maximum atomic E-state index is 13.2. The van der Waals surface area contributed by atoms with E-state index in [1.54, 1.807) is 0 Å². The van der Waals surface area contributed by atoms with Gasteiger partial charge < -0.3 is 15.1 Å². The van der Waals surface area contributed by atoms with Gasteiger partial charge in [0.15, 0.2) is 0 Å². The van der Waals surface area contributed by atoms with Crippen molar-refractivity contribution in [2.24, 2.45) is 5.92 Å². The highest BCUT2D eigenvalue weighted by atomic mass is 16.2. The van der Waals surface area contributed by atoms with Gasteiger partial charge in [-0.15, -0.1) is 0 Å². The number of benzene rings is 1. The van der Waals surface area contributed by atoms with Crippen LogP contribution < -0.4 is 10.2 Å². The largest absolute Gasteiger partial charge is 0.371 e. The number of nitrogens with one attached hydrogen (secondary N) is 1. The first kappa shape index (κ1) is 18.3. The number of carbonyl (C=O) groups is 2. The molecule has 0 radical (unpaired) electrons. The van der Waals surface area contributed by atoms with Gasteiger partial charge in [0.2, 0.25) is 5.91 Å². The molecule has 0 spiro atoms. The third-order valence-corrected chi connectivity index (χ3v) is 6.31. The average molecular weight is 370 g/mol. The number of likely N-dealkylation sites (tertiary alicyclic amines) is 1. The Morgan fingerprint density at radius 2 is 1.52 bits per heavy atom. The van der Waals surface area contributed by atoms with Gasteiger partial charge in [-0.1, -0.05) is 12.8 Å². The Hall–Kier alpha value is -2.04. The summed E-state index contributed by atoms with van der Waals surface area (Å²) in [6, 6.07) is 5.92.